The molecule has 1 N–H and O–H groups in total. The van der Waals surface area contributed by atoms with Crippen LogP contribution in [0, 0.1) is 0 Å². The maximum Gasteiger partial charge on any atom is 0.270 e. The van der Waals surface area contributed by atoms with E-state index in [-0.39, 0.29) is 17.9 Å². The number of piperidine rings is 1. The Bertz CT molecular complexity index is 1450. The molecule has 4 aromatic rings. The standard InChI is InChI=1S/C32H36ClN5O2S/c1-2-16-38(32(40)27-12-6-7-13-28(27)33)21-26-11-8-17-37(26)22-30-35-29(23-41-30)31(39)34-25-14-18-36(19-15-25)20-24-9-4-3-5-10-24/h3-13,17,23,25H,2,14-16,18-22H2,1H3,(H,34,39). The van der Waals surface area contributed by atoms with Crippen LogP contribution in [0.1, 0.15) is 63.3 Å². The fourth-order valence-corrected chi connectivity index (χ4v) is 6.23. The Hall–Kier alpha value is -3.46. The molecular weight excluding hydrogens is 554 g/mol. The average Bonchev–Trinajstić information content (AvgIpc) is 3.64. The van der Waals surface area contributed by atoms with E-state index in [1.54, 1.807) is 12.1 Å². The van der Waals surface area contributed by atoms with Gasteiger partial charge >= 0.3 is 0 Å². The molecular formula is C32H36ClN5O2S. The van der Waals surface area contributed by atoms with E-state index in [0.717, 1.165) is 49.6 Å². The van der Waals surface area contributed by atoms with Crippen LogP contribution in [0.2, 0.25) is 5.02 Å². The van der Waals surface area contributed by atoms with Crippen molar-refractivity contribution >= 4 is 34.8 Å². The monoisotopic (exact) mass is 589 g/mol. The number of nitrogens with zero attached hydrogens (tertiary/aromatic N) is 4. The summed E-state index contributed by atoms with van der Waals surface area (Å²) in [6, 6.07) is 21.8. The van der Waals surface area contributed by atoms with Crippen LogP contribution in [0.5, 0.6) is 0 Å². The van der Waals surface area contributed by atoms with Crippen molar-refractivity contribution in [3.05, 3.63) is 111 Å². The van der Waals surface area contributed by atoms with Gasteiger partial charge in [0.1, 0.15) is 10.7 Å². The number of benzene rings is 2. The third kappa shape index (κ3) is 7.64. The second-order valence-corrected chi connectivity index (χ2v) is 11.8. The van der Waals surface area contributed by atoms with Gasteiger partial charge in [0, 0.05) is 49.5 Å². The van der Waals surface area contributed by atoms with Crippen molar-refractivity contribution in [2.45, 2.75) is 51.9 Å². The maximum atomic E-state index is 13.3. The van der Waals surface area contributed by atoms with Crippen LogP contribution in [-0.2, 0) is 19.6 Å². The summed E-state index contributed by atoms with van der Waals surface area (Å²) in [7, 11) is 0. The van der Waals surface area contributed by atoms with Crippen molar-refractivity contribution in [2.75, 3.05) is 19.6 Å². The summed E-state index contributed by atoms with van der Waals surface area (Å²) in [4.78, 5) is 35.2. The minimum Gasteiger partial charge on any atom is -0.348 e. The Balaban J connectivity index is 1.15. The number of thiazole rings is 1. The van der Waals surface area contributed by atoms with Crippen LogP contribution < -0.4 is 5.32 Å². The Morgan fingerprint density at radius 3 is 2.54 bits per heavy atom. The average molecular weight is 590 g/mol. The molecule has 0 saturated carbocycles. The van der Waals surface area contributed by atoms with Gasteiger partial charge in [-0.3, -0.25) is 14.5 Å². The van der Waals surface area contributed by atoms with Gasteiger partial charge in [-0.25, -0.2) is 4.98 Å². The van der Waals surface area contributed by atoms with E-state index in [0.29, 0.717) is 35.9 Å². The number of likely N-dealkylation sites (tertiary alicyclic amines) is 1. The summed E-state index contributed by atoms with van der Waals surface area (Å²) in [6.45, 7) is 6.57. The first-order valence-corrected chi connectivity index (χ1v) is 15.4. The molecule has 2 aromatic heterocycles. The lowest BCUT2D eigenvalue weighted by Gasteiger charge is -2.32. The Labute approximate surface area is 250 Å². The summed E-state index contributed by atoms with van der Waals surface area (Å²) in [5.41, 5.74) is 3.30. The number of aromatic nitrogens is 2. The molecule has 0 atom stereocenters. The van der Waals surface area contributed by atoms with Gasteiger partial charge in [0.05, 0.1) is 23.7 Å². The molecule has 7 nitrogen and oxygen atoms in total. The van der Waals surface area contributed by atoms with E-state index in [4.69, 9.17) is 11.6 Å². The number of carbonyl (C=O) groups excluding carboxylic acids is 2. The minimum absolute atomic E-state index is 0.0793. The highest BCUT2D eigenvalue weighted by molar-refractivity contribution is 7.09. The zero-order valence-corrected chi connectivity index (χ0v) is 24.9. The molecule has 0 radical (unpaired) electrons. The number of hydrogen-bond acceptors (Lipinski definition) is 5. The van der Waals surface area contributed by atoms with E-state index in [9.17, 15) is 9.59 Å². The van der Waals surface area contributed by atoms with Crippen LogP contribution in [0.15, 0.2) is 78.3 Å². The minimum atomic E-state index is -0.110. The Morgan fingerprint density at radius 2 is 1.78 bits per heavy atom. The molecule has 9 heteroatoms. The summed E-state index contributed by atoms with van der Waals surface area (Å²) in [5.74, 6) is -0.189. The molecule has 1 aliphatic heterocycles. The van der Waals surface area contributed by atoms with Crippen LogP contribution in [0.3, 0.4) is 0 Å². The molecule has 1 saturated heterocycles. The summed E-state index contributed by atoms with van der Waals surface area (Å²) < 4.78 is 2.09. The van der Waals surface area contributed by atoms with E-state index in [2.05, 4.69) is 51.0 Å². The van der Waals surface area contributed by atoms with Crippen molar-refractivity contribution in [3.8, 4) is 0 Å². The van der Waals surface area contributed by atoms with E-state index in [1.165, 1.54) is 16.9 Å². The fraction of sp³-hybridized carbons (Fsp3) is 0.344. The molecule has 41 heavy (non-hydrogen) atoms. The van der Waals surface area contributed by atoms with E-state index in [1.807, 2.05) is 46.8 Å². The molecule has 0 spiro atoms. The van der Waals surface area contributed by atoms with Gasteiger partial charge in [0.2, 0.25) is 0 Å². The van der Waals surface area contributed by atoms with Crippen molar-refractivity contribution in [1.29, 1.82) is 0 Å². The lowest BCUT2D eigenvalue weighted by molar-refractivity contribution is 0.0739. The highest BCUT2D eigenvalue weighted by Crippen LogP contribution is 2.21. The normalized spacial score (nSPS) is 14.2. The molecule has 1 fully saturated rings. The zero-order valence-electron chi connectivity index (χ0n) is 23.3. The smallest absolute Gasteiger partial charge is 0.270 e. The highest BCUT2D eigenvalue weighted by Gasteiger charge is 2.23. The van der Waals surface area contributed by atoms with Crippen LogP contribution in [0.4, 0.5) is 0 Å². The van der Waals surface area contributed by atoms with Crippen LogP contribution in [0.25, 0.3) is 0 Å². The second kappa shape index (κ2) is 13.9. The first-order chi connectivity index (χ1) is 20.0. The van der Waals surface area contributed by atoms with Gasteiger partial charge in [-0.15, -0.1) is 11.3 Å². The van der Waals surface area contributed by atoms with Crippen molar-refractivity contribution in [1.82, 2.24) is 24.7 Å². The van der Waals surface area contributed by atoms with Crippen molar-refractivity contribution < 1.29 is 9.59 Å². The quantitative estimate of drug-likeness (QED) is 0.230. The topological polar surface area (TPSA) is 70.5 Å². The molecule has 3 heterocycles. The molecule has 2 aromatic carbocycles. The molecule has 0 unspecified atom stereocenters. The number of rotatable bonds is 11. The fourth-order valence-electron chi connectivity index (χ4n) is 5.24. The molecule has 0 aliphatic carbocycles. The van der Waals surface area contributed by atoms with Crippen molar-refractivity contribution in [2.24, 2.45) is 0 Å². The first-order valence-electron chi connectivity index (χ1n) is 14.2. The van der Waals surface area contributed by atoms with Gasteiger partial charge in [0.25, 0.3) is 11.8 Å². The number of amides is 2. The largest absolute Gasteiger partial charge is 0.348 e. The van der Waals surface area contributed by atoms with Crippen LogP contribution >= 0.6 is 22.9 Å². The van der Waals surface area contributed by atoms with Crippen LogP contribution in [-0.4, -0.2) is 56.8 Å². The Kier molecular flexibility index (Phi) is 9.88. The third-order valence-corrected chi connectivity index (χ3v) is 8.59. The van der Waals surface area contributed by atoms with Gasteiger partial charge in [-0.2, -0.15) is 0 Å². The highest BCUT2D eigenvalue weighted by atomic mass is 35.5. The molecule has 214 valence electrons. The SMILES string of the molecule is CCCN(Cc1cccn1Cc1nc(C(=O)NC2CCN(Cc3ccccc3)CC2)cs1)C(=O)c1ccccc1Cl. The van der Waals surface area contributed by atoms with Gasteiger partial charge < -0.3 is 14.8 Å². The van der Waals surface area contributed by atoms with E-state index >= 15 is 0 Å². The zero-order chi connectivity index (χ0) is 28.6. The summed E-state index contributed by atoms with van der Waals surface area (Å²) >= 11 is 7.80. The number of hydrogen-bond donors (Lipinski definition) is 1. The summed E-state index contributed by atoms with van der Waals surface area (Å²) in [6.07, 6.45) is 4.70. The number of halogens is 1. The van der Waals surface area contributed by atoms with Gasteiger partial charge in [0.15, 0.2) is 0 Å². The maximum absolute atomic E-state index is 13.3. The van der Waals surface area contributed by atoms with E-state index < -0.39 is 0 Å². The lowest BCUT2D eigenvalue weighted by atomic mass is 10.0. The molecule has 1 aliphatic rings. The predicted molar refractivity (Wildman–Crippen MR) is 164 cm³/mol. The second-order valence-electron chi connectivity index (χ2n) is 10.5. The molecule has 0 bridgehead atoms. The van der Waals surface area contributed by atoms with Gasteiger partial charge in [-0.1, -0.05) is 61.0 Å². The van der Waals surface area contributed by atoms with Gasteiger partial charge in [-0.05, 0) is 49.1 Å². The third-order valence-electron chi connectivity index (χ3n) is 7.42. The molecule has 2 amide bonds. The predicted octanol–water partition coefficient (Wildman–Crippen LogP) is 6.09. The number of nitrogens with one attached hydrogen (secondary N) is 1. The number of carbonyl (C=O) groups is 2. The lowest BCUT2D eigenvalue weighted by Crippen LogP contribution is -2.44. The van der Waals surface area contributed by atoms with Crippen molar-refractivity contribution in [3.63, 3.8) is 0 Å². The Morgan fingerprint density at radius 1 is 1.02 bits per heavy atom. The first kappa shape index (κ1) is 29.0. The molecule has 5 rings (SSSR count). The summed E-state index contributed by atoms with van der Waals surface area (Å²) in [5, 5.41) is 6.34.